The van der Waals surface area contributed by atoms with E-state index in [1.165, 1.54) is 12.4 Å². The van der Waals surface area contributed by atoms with Gasteiger partial charge in [-0.1, -0.05) is 18.2 Å². The minimum Gasteiger partial charge on any atom is -0.368 e. The lowest BCUT2D eigenvalue weighted by Gasteiger charge is -2.16. The van der Waals surface area contributed by atoms with Gasteiger partial charge in [0.2, 0.25) is 5.95 Å². The van der Waals surface area contributed by atoms with Gasteiger partial charge in [-0.05, 0) is 37.1 Å². The number of benzene rings is 2. The summed E-state index contributed by atoms with van der Waals surface area (Å²) in [6.07, 6.45) is 2.25. The number of para-hydroxylation sites is 1. The number of nitrogens with two attached hydrogens (primary N) is 1. The molecule has 0 fully saturated rings. The molecule has 34 heavy (non-hydrogen) atoms. The van der Waals surface area contributed by atoms with Crippen LogP contribution in [0.4, 0.5) is 20.5 Å². The quantitative estimate of drug-likeness (QED) is 0.331. The van der Waals surface area contributed by atoms with Crippen molar-refractivity contribution in [2.75, 3.05) is 17.6 Å². The molecule has 0 aliphatic carbocycles. The molecule has 0 unspecified atom stereocenters. The zero-order chi connectivity index (χ0) is 23.8. The van der Waals surface area contributed by atoms with Gasteiger partial charge in [-0.2, -0.15) is 9.97 Å². The van der Waals surface area contributed by atoms with Gasteiger partial charge in [0.05, 0.1) is 17.2 Å². The molecule has 0 radical (unpaired) electrons. The molecule has 0 saturated heterocycles. The Hall–Kier alpha value is -4.41. The second-order valence-corrected chi connectivity index (χ2v) is 7.77. The Labute approximate surface area is 191 Å². The van der Waals surface area contributed by atoms with Crippen molar-refractivity contribution in [1.29, 1.82) is 0 Å². The highest BCUT2D eigenvalue weighted by Crippen LogP contribution is 2.22. The largest absolute Gasteiger partial charge is 0.368 e. The van der Waals surface area contributed by atoms with Crippen LogP contribution in [-0.4, -0.2) is 36.0 Å². The van der Waals surface area contributed by atoms with Crippen LogP contribution in [0.5, 0.6) is 0 Å². The number of H-pyrrole nitrogens is 1. The van der Waals surface area contributed by atoms with Gasteiger partial charge in [0.1, 0.15) is 28.7 Å². The van der Waals surface area contributed by atoms with Crippen molar-refractivity contribution >= 4 is 33.8 Å². The number of hydrogen-bond acceptors (Lipinski definition) is 7. The minimum absolute atomic E-state index is 0.0810. The van der Waals surface area contributed by atoms with Crippen molar-refractivity contribution in [3.8, 4) is 5.69 Å². The number of anilines is 2. The lowest BCUT2D eigenvalue weighted by molar-refractivity contribution is 0.560. The number of halogens is 2. The number of aryl methyl sites for hydroxylation is 2. The Bertz CT molecular complexity index is 1570. The summed E-state index contributed by atoms with van der Waals surface area (Å²) in [5.74, 6) is -0.858. The monoisotopic (exact) mass is 462 g/mol. The molecule has 172 valence electrons. The van der Waals surface area contributed by atoms with Crippen molar-refractivity contribution in [3.63, 3.8) is 0 Å². The molecule has 3 heterocycles. The van der Waals surface area contributed by atoms with Gasteiger partial charge in [0.15, 0.2) is 11.5 Å². The molecule has 0 aliphatic heterocycles. The standard InChI is InChI=1S/C23H20F2N8O/c1-12-5-2-8-15-17(12)22(34)33(19-13(24)6-3-7-14(19)25)16(30-15)9-4-10-27-20-18-21(29-11-28-18)32-23(26)31-20/h2-3,5-8,11H,4,9-10H2,1H3,(H4,26,27,28,29,31,32). The van der Waals surface area contributed by atoms with E-state index in [1.807, 2.05) is 0 Å². The fourth-order valence-corrected chi connectivity index (χ4v) is 3.97. The highest BCUT2D eigenvalue weighted by atomic mass is 19.1. The summed E-state index contributed by atoms with van der Waals surface area (Å²) in [4.78, 5) is 33.3. The summed E-state index contributed by atoms with van der Waals surface area (Å²) in [5.41, 5.74) is 6.99. The van der Waals surface area contributed by atoms with Gasteiger partial charge in [-0.15, -0.1) is 0 Å². The molecule has 0 atom stereocenters. The molecule has 2 aromatic carbocycles. The molecule has 11 heteroatoms. The number of nitrogens with one attached hydrogen (secondary N) is 2. The summed E-state index contributed by atoms with van der Waals surface area (Å²) in [7, 11) is 0. The molecule has 0 amide bonds. The summed E-state index contributed by atoms with van der Waals surface area (Å²) < 4.78 is 30.4. The van der Waals surface area contributed by atoms with Crippen LogP contribution in [0.2, 0.25) is 0 Å². The van der Waals surface area contributed by atoms with Crippen LogP contribution in [-0.2, 0) is 6.42 Å². The van der Waals surface area contributed by atoms with Crippen molar-refractivity contribution in [1.82, 2.24) is 29.5 Å². The van der Waals surface area contributed by atoms with Gasteiger partial charge >= 0.3 is 0 Å². The average Bonchev–Trinajstić information content (AvgIpc) is 3.26. The third kappa shape index (κ3) is 3.70. The number of aromatic amines is 1. The molecular weight excluding hydrogens is 442 g/mol. The maximum Gasteiger partial charge on any atom is 0.266 e. The first-order chi connectivity index (χ1) is 16.4. The Morgan fingerprint density at radius 3 is 2.65 bits per heavy atom. The fraction of sp³-hybridized carbons (Fsp3) is 0.174. The highest BCUT2D eigenvalue weighted by Gasteiger charge is 2.20. The van der Waals surface area contributed by atoms with Crippen molar-refractivity contribution in [3.05, 3.63) is 76.1 Å². The normalized spacial score (nSPS) is 11.4. The van der Waals surface area contributed by atoms with Crippen molar-refractivity contribution in [2.45, 2.75) is 19.8 Å². The van der Waals surface area contributed by atoms with Gasteiger partial charge in [0.25, 0.3) is 5.56 Å². The molecule has 5 aromatic rings. The number of rotatable bonds is 6. The molecule has 3 aromatic heterocycles. The van der Waals surface area contributed by atoms with Crippen LogP contribution >= 0.6 is 0 Å². The Kier molecular flexibility index (Phi) is 5.36. The topological polar surface area (TPSA) is 127 Å². The maximum absolute atomic E-state index is 14.7. The zero-order valence-corrected chi connectivity index (χ0v) is 18.1. The lowest BCUT2D eigenvalue weighted by Crippen LogP contribution is -2.26. The molecule has 0 aliphatic rings. The smallest absolute Gasteiger partial charge is 0.266 e. The summed E-state index contributed by atoms with van der Waals surface area (Å²) in [6.45, 7) is 2.19. The predicted molar refractivity (Wildman–Crippen MR) is 125 cm³/mol. The number of nitrogen functional groups attached to an aromatic ring is 1. The van der Waals surface area contributed by atoms with Crippen LogP contribution < -0.4 is 16.6 Å². The van der Waals surface area contributed by atoms with E-state index in [0.29, 0.717) is 46.4 Å². The van der Waals surface area contributed by atoms with E-state index in [9.17, 15) is 13.6 Å². The van der Waals surface area contributed by atoms with Gasteiger partial charge in [0, 0.05) is 13.0 Å². The molecule has 5 rings (SSSR count). The highest BCUT2D eigenvalue weighted by molar-refractivity contribution is 5.83. The number of hydrogen-bond donors (Lipinski definition) is 3. The first-order valence-corrected chi connectivity index (χ1v) is 10.6. The second-order valence-electron chi connectivity index (χ2n) is 7.77. The molecular formula is C23H20F2N8O. The minimum atomic E-state index is -0.839. The number of fused-ring (bicyclic) bond motifs is 2. The van der Waals surface area contributed by atoms with Gasteiger partial charge < -0.3 is 16.0 Å². The van der Waals surface area contributed by atoms with Crippen LogP contribution in [0.15, 0.2) is 47.5 Å². The SMILES string of the molecule is Cc1cccc2nc(CCCNc3nc(N)nc4nc[nH]c34)n(-c3c(F)cccc3F)c(=O)c12. The number of aromatic nitrogens is 6. The van der Waals surface area contributed by atoms with Crippen molar-refractivity contribution < 1.29 is 8.78 Å². The molecule has 9 nitrogen and oxygen atoms in total. The maximum atomic E-state index is 14.7. The summed E-state index contributed by atoms with van der Waals surface area (Å²) in [5, 5.41) is 3.49. The van der Waals surface area contributed by atoms with Crippen LogP contribution in [0.3, 0.4) is 0 Å². The van der Waals surface area contributed by atoms with Crippen LogP contribution in [0.1, 0.15) is 17.8 Å². The first kappa shape index (κ1) is 21.4. The fourth-order valence-electron chi connectivity index (χ4n) is 3.97. The third-order valence-corrected chi connectivity index (χ3v) is 5.51. The van der Waals surface area contributed by atoms with E-state index in [1.54, 1.807) is 25.1 Å². The first-order valence-electron chi connectivity index (χ1n) is 10.6. The van der Waals surface area contributed by atoms with Crippen LogP contribution in [0, 0.1) is 18.6 Å². The lowest BCUT2D eigenvalue weighted by atomic mass is 10.1. The van der Waals surface area contributed by atoms with Crippen molar-refractivity contribution in [2.24, 2.45) is 0 Å². The van der Waals surface area contributed by atoms with E-state index in [2.05, 4.69) is 30.2 Å². The van der Waals surface area contributed by atoms with E-state index in [0.717, 1.165) is 16.7 Å². The number of imidazole rings is 1. The Balaban J connectivity index is 1.50. The van der Waals surface area contributed by atoms with Crippen LogP contribution in [0.25, 0.3) is 27.8 Å². The molecule has 0 saturated carbocycles. The predicted octanol–water partition coefficient (Wildman–Crippen LogP) is 3.27. The Morgan fingerprint density at radius 2 is 1.85 bits per heavy atom. The average molecular weight is 462 g/mol. The summed E-state index contributed by atoms with van der Waals surface area (Å²) in [6, 6.07) is 8.76. The molecule has 0 bridgehead atoms. The van der Waals surface area contributed by atoms with E-state index in [4.69, 9.17) is 5.73 Å². The van der Waals surface area contributed by atoms with Gasteiger partial charge in [-0.3, -0.25) is 9.36 Å². The third-order valence-electron chi connectivity index (χ3n) is 5.51. The second kappa shape index (κ2) is 8.50. The van der Waals surface area contributed by atoms with Gasteiger partial charge in [-0.25, -0.2) is 18.7 Å². The van der Waals surface area contributed by atoms with E-state index in [-0.39, 0.29) is 18.2 Å². The number of nitrogens with zero attached hydrogens (tertiary/aromatic N) is 5. The summed E-state index contributed by atoms with van der Waals surface area (Å²) >= 11 is 0. The van der Waals surface area contributed by atoms with E-state index < -0.39 is 22.9 Å². The molecule has 4 N–H and O–H groups in total. The zero-order valence-electron chi connectivity index (χ0n) is 18.1. The Morgan fingerprint density at radius 1 is 1.09 bits per heavy atom. The van der Waals surface area contributed by atoms with E-state index >= 15 is 0 Å². The molecule has 0 spiro atoms.